The molecule has 1 N–H and O–H groups in total. The van der Waals surface area contributed by atoms with E-state index in [2.05, 4.69) is 65.5 Å². The van der Waals surface area contributed by atoms with E-state index in [1.165, 1.54) is 42.9 Å². The topological polar surface area (TPSA) is 31.9 Å². The van der Waals surface area contributed by atoms with Crippen LogP contribution in [0.25, 0.3) is 0 Å². The van der Waals surface area contributed by atoms with E-state index in [9.17, 15) is 0 Å². The fourth-order valence-electron chi connectivity index (χ4n) is 3.36. The van der Waals surface area contributed by atoms with Crippen LogP contribution in [0, 0.1) is 0 Å². The Labute approximate surface area is 127 Å². The van der Waals surface area contributed by atoms with Crippen molar-refractivity contribution < 1.29 is 0 Å². The molecule has 0 radical (unpaired) electrons. The van der Waals surface area contributed by atoms with E-state index < -0.39 is 0 Å². The third kappa shape index (κ3) is 3.18. The fraction of sp³-hybridized carbons (Fsp3) is 0.500. The summed E-state index contributed by atoms with van der Waals surface area (Å²) in [6, 6.07) is 13.0. The Bertz CT molecular complexity index is 553. The second-order valence-corrected chi connectivity index (χ2v) is 6.20. The van der Waals surface area contributed by atoms with Crippen LogP contribution in [0.15, 0.2) is 36.4 Å². The molecule has 0 spiro atoms. The summed E-state index contributed by atoms with van der Waals surface area (Å²) in [4.78, 5) is 2.41. The molecule has 3 heteroatoms. The van der Waals surface area contributed by atoms with E-state index in [0.717, 1.165) is 6.42 Å². The Kier molecular flexibility index (Phi) is 4.39. The number of aromatic amines is 1. The number of benzene rings is 1. The number of likely N-dealkylation sites (tertiary alicyclic amines) is 1. The van der Waals surface area contributed by atoms with E-state index in [4.69, 9.17) is 0 Å². The second-order valence-electron chi connectivity index (χ2n) is 6.20. The lowest BCUT2D eigenvalue weighted by molar-refractivity contribution is 0.253. The molecule has 1 aliphatic heterocycles. The lowest BCUT2D eigenvalue weighted by atomic mass is 9.90. The summed E-state index contributed by atoms with van der Waals surface area (Å²) in [5.41, 5.74) is 3.88. The smallest absolute Gasteiger partial charge is 0.0699 e. The Balaban J connectivity index is 1.77. The molecule has 3 nitrogen and oxygen atoms in total. The number of rotatable bonds is 4. The molecule has 1 fully saturated rings. The molecule has 0 saturated carbocycles. The van der Waals surface area contributed by atoms with Gasteiger partial charge in [0.05, 0.1) is 5.69 Å². The summed E-state index contributed by atoms with van der Waals surface area (Å²) in [6.07, 6.45) is 3.56. The van der Waals surface area contributed by atoms with Crippen LogP contribution >= 0.6 is 0 Å². The summed E-state index contributed by atoms with van der Waals surface area (Å²) < 4.78 is 0. The van der Waals surface area contributed by atoms with Gasteiger partial charge in [-0.1, -0.05) is 37.3 Å². The molecule has 0 aliphatic carbocycles. The molecule has 1 aromatic carbocycles. The van der Waals surface area contributed by atoms with Crippen molar-refractivity contribution in [1.29, 1.82) is 0 Å². The number of hydrogen-bond acceptors (Lipinski definition) is 2. The van der Waals surface area contributed by atoms with Crippen molar-refractivity contribution in [2.45, 2.75) is 38.0 Å². The number of H-pyrrole nitrogens is 1. The predicted molar refractivity (Wildman–Crippen MR) is 86.6 cm³/mol. The maximum Gasteiger partial charge on any atom is 0.0699 e. The fourth-order valence-corrected chi connectivity index (χ4v) is 3.36. The van der Waals surface area contributed by atoms with Crippen LogP contribution in [0.3, 0.4) is 0 Å². The van der Waals surface area contributed by atoms with Gasteiger partial charge in [0.25, 0.3) is 0 Å². The maximum absolute atomic E-state index is 4.62. The van der Waals surface area contributed by atoms with Gasteiger partial charge in [-0.25, -0.2) is 0 Å². The Hall–Kier alpha value is -1.61. The van der Waals surface area contributed by atoms with E-state index in [1.807, 2.05) is 0 Å². The van der Waals surface area contributed by atoms with E-state index in [-0.39, 0.29) is 0 Å². The minimum absolute atomic E-state index is 0.405. The lowest BCUT2D eigenvalue weighted by Crippen LogP contribution is -2.29. The van der Waals surface area contributed by atoms with Crippen molar-refractivity contribution >= 4 is 0 Å². The molecule has 2 heterocycles. The average molecular weight is 283 g/mol. The molecule has 112 valence electrons. The molecule has 0 bridgehead atoms. The van der Waals surface area contributed by atoms with Crippen molar-refractivity contribution in [3.63, 3.8) is 0 Å². The van der Waals surface area contributed by atoms with Crippen molar-refractivity contribution in [3.05, 3.63) is 53.3 Å². The van der Waals surface area contributed by atoms with E-state index in [1.54, 1.807) is 0 Å². The first-order valence-electron chi connectivity index (χ1n) is 8.06. The minimum atomic E-state index is 0.405. The second kappa shape index (κ2) is 6.44. The molecule has 2 aromatic rings. The standard InChI is InChI=1S/C18H25N3/c1-3-16(14-7-5-4-6-8-14)18-13-17(19-20-18)15-9-11-21(2)12-10-15/h4-8,13,15-16H,3,9-12H2,1-2H3,(H,19,20). The largest absolute Gasteiger partial charge is 0.306 e. The summed E-state index contributed by atoms with van der Waals surface area (Å²) >= 11 is 0. The van der Waals surface area contributed by atoms with Gasteiger partial charge in [0.2, 0.25) is 0 Å². The van der Waals surface area contributed by atoms with Crippen LogP contribution in [-0.4, -0.2) is 35.2 Å². The lowest BCUT2D eigenvalue weighted by Gasteiger charge is -2.28. The average Bonchev–Trinajstić information content (AvgIpc) is 2.99. The maximum atomic E-state index is 4.62. The monoisotopic (exact) mass is 283 g/mol. The Morgan fingerprint density at radius 2 is 1.95 bits per heavy atom. The van der Waals surface area contributed by atoms with Gasteiger partial charge in [0, 0.05) is 17.5 Å². The number of aromatic nitrogens is 2. The molecule has 1 unspecified atom stereocenters. The highest BCUT2D eigenvalue weighted by atomic mass is 15.1. The number of piperidine rings is 1. The quantitative estimate of drug-likeness (QED) is 0.926. The first-order chi connectivity index (χ1) is 10.3. The van der Waals surface area contributed by atoms with E-state index in [0.29, 0.717) is 11.8 Å². The molecule has 1 aromatic heterocycles. The SMILES string of the molecule is CCC(c1ccccc1)c1cc(C2CCN(C)CC2)[nH]n1. The third-order valence-corrected chi connectivity index (χ3v) is 4.74. The van der Waals surface area contributed by atoms with Crippen LogP contribution in [0.4, 0.5) is 0 Å². The molecule has 1 aliphatic rings. The van der Waals surface area contributed by atoms with Crippen molar-refractivity contribution in [2.24, 2.45) is 0 Å². The summed E-state index contributed by atoms with van der Waals surface area (Å²) in [7, 11) is 2.21. The van der Waals surface area contributed by atoms with Crippen molar-refractivity contribution in [2.75, 3.05) is 20.1 Å². The highest BCUT2D eigenvalue weighted by Crippen LogP contribution is 2.31. The van der Waals surface area contributed by atoms with Crippen molar-refractivity contribution in [1.82, 2.24) is 15.1 Å². The van der Waals surface area contributed by atoms with Gasteiger partial charge in [0.1, 0.15) is 0 Å². The molecule has 21 heavy (non-hydrogen) atoms. The predicted octanol–water partition coefficient (Wildman–Crippen LogP) is 3.76. The van der Waals surface area contributed by atoms with Crippen molar-refractivity contribution in [3.8, 4) is 0 Å². The van der Waals surface area contributed by atoms with Crippen LogP contribution < -0.4 is 0 Å². The van der Waals surface area contributed by atoms with Gasteiger partial charge in [-0.2, -0.15) is 5.10 Å². The molecule has 1 atom stereocenters. The number of hydrogen-bond donors (Lipinski definition) is 1. The highest BCUT2D eigenvalue weighted by Gasteiger charge is 2.22. The molecule has 0 amide bonds. The zero-order valence-corrected chi connectivity index (χ0v) is 13.0. The summed E-state index contributed by atoms with van der Waals surface area (Å²) in [5.74, 6) is 1.05. The Morgan fingerprint density at radius 3 is 2.62 bits per heavy atom. The van der Waals surface area contributed by atoms with Crippen LogP contribution in [0.1, 0.15) is 55.0 Å². The summed E-state index contributed by atoms with van der Waals surface area (Å²) in [6.45, 7) is 4.62. The normalized spacial score (nSPS) is 18.8. The van der Waals surface area contributed by atoms with Gasteiger partial charge in [-0.15, -0.1) is 0 Å². The molecular weight excluding hydrogens is 258 g/mol. The number of nitrogens with one attached hydrogen (secondary N) is 1. The highest BCUT2D eigenvalue weighted by molar-refractivity contribution is 5.29. The first kappa shape index (κ1) is 14.3. The van der Waals surface area contributed by atoms with Gasteiger partial charge in [0.15, 0.2) is 0 Å². The zero-order chi connectivity index (χ0) is 14.7. The molecule has 1 saturated heterocycles. The number of nitrogens with zero attached hydrogens (tertiary/aromatic N) is 2. The Morgan fingerprint density at radius 1 is 1.24 bits per heavy atom. The van der Waals surface area contributed by atoms with Gasteiger partial charge < -0.3 is 4.90 Å². The molecular formula is C18H25N3. The van der Waals surface area contributed by atoms with Crippen LogP contribution in [0.2, 0.25) is 0 Å². The van der Waals surface area contributed by atoms with Crippen LogP contribution in [-0.2, 0) is 0 Å². The third-order valence-electron chi connectivity index (χ3n) is 4.74. The first-order valence-corrected chi connectivity index (χ1v) is 8.06. The van der Waals surface area contributed by atoms with E-state index >= 15 is 0 Å². The van der Waals surface area contributed by atoms with Crippen LogP contribution in [0.5, 0.6) is 0 Å². The summed E-state index contributed by atoms with van der Waals surface area (Å²) in [5, 5.41) is 7.93. The van der Waals surface area contributed by atoms with Gasteiger partial charge in [-0.05, 0) is 51.0 Å². The minimum Gasteiger partial charge on any atom is -0.306 e. The van der Waals surface area contributed by atoms with Gasteiger partial charge in [-0.3, -0.25) is 5.10 Å². The van der Waals surface area contributed by atoms with Gasteiger partial charge >= 0.3 is 0 Å². The molecule has 3 rings (SSSR count). The zero-order valence-electron chi connectivity index (χ0n) is 13.0.